The molecule has 1 N–H and O–H groups in total. The van der Waals surface area contributed by atoms with Gasteiger partial charge >= 0.3 is 0 Å². The van der Waals surface area contributed by atoms with Gasteiger partial charge in [-0.1, -0.05) is 44.2 Å². The van der Waals surface area contributed by atoms with E-state index in [-0.39, 0.29) is 5.41 Å². The zero-order valence-electron chi connectivity index (χ0n) is 13.9. The van der Waals surface area contributed by atoms with Crippen LogP contribution in [0.5, 0.6) is 0 Å². The number of rotatable bonds is 7. The highest BCUT2D eigenvalue weighted by Gasteiger charge is 2.31. The van der Waals surface area contributed by atoms with Crippen LogP contribution in [0.1, 0.15) is 38.3 Å². The highest BCUT2D eigenvalue weighted by molar-refractivity contribution is 5.21. The van der Waals surface area contributed by atoms with Crippen LogP contribution in [0.4, 0.5) is 0 Å². The molecule has 0 spiro atoms. The summed E-state index contributed by atoms with van der Waals surface area (Å²) in [5.41, 5.74) is 1.51. The van der Waals surface area contributed by atoms with E-state index in [0.29, 0.717) is 12.1 Å². The van der Waals surface area contributed by atoms with Crippen LogP contribution in [0.15, 0.2) is 30.3 Å². The third-order valence-corrected chi connectivity index (χ3v) is 4.42. The van der Waals surface area contributed by atoms with Gasteiger partial charge in [0, 0.05) is 25.7 Å². The second kappa shape index (κ2) is 7.39. The number of benzene rings is 1. The fraction of sp³-hybridized carbons (Fsp3) is 0.667. The van der Waals surface area contributed by atoms with Gasteiger partial charge in [-0.3, -0.25) is 0 Å². The number of hydrogen-bond donors (Lipinski definition) is 1. The van der Waals surface area contributed by atoms with Crippen LogP contribution in [0.25, 0.3) is 0 Å². The van der Waals surface area contributed by atoms with Gasteiger partial charge in [-0.2, -0.15) is 0 Å². The van der Waals surface area contributed by atoms with Crippen molar-refractivity contribution in [2.45, 2.75) is 38.8 Å². The minimum atomic E-state index is 0.156. The van der Waals surface area contributed by atoms with Gasteiger partial charge < -0.3 is 15.0 Å². The fourth-order valence-electron chi connectivity index (χ4n) is 3.64. The third-order valence-electron chi connectivity index (χ3n) is 4.42. The molecule has 1 aromatic rings. The lowest BCUT2D eigenvalue weighted by Crippen LogP contribution is -2.42. The Morgan fingerprint density at radius 1 is 1.33 bits per heavy atom. The fourth-order valence-corrected chi connectivity index (χ4v) is 3.64. The Morgan fingerprint density at radius 3 is 2.62 bits per heavy atom. The van der Waals surface area contributed by atoms with E-state index in [1.165, 1.54) is 18.4 Å². The van der Waals surface area contributed by atoms with Crippen molar-refractivity contribution in [3.05, 3.63) is 35.9 Å². The molecule has 0 radical (unpaired) electrons. The first-order valence-electron chi connectivity index (χ1n) is 8.05. The van der Waals surface area contributed by atoms with Crippen LogP contribution in [0.3, 0.4) is 0 Å². The molecule has 1 aliphatic rings. The van der Waals surface area contributed by atoms with Crippen LogP contribution in [-0.4, -0.2) is 44.8 Å². The predicted molar refractivity (Wildman–Crippen MR) is 88.5 cm³/mol. The SMILES string of the molecule is CNC(c1ccccc1)C(C)(C)CN(C)CC1CCCO1. The number of likely N-dealkylation sites (N-methyl/N-ethyl adjacent to an activating group) is 1. The molecular formula is C18H30N2O. The van der Waals surface area contributed by atoms with Gasteiger partial charge in [-0.05, 0) is 37.9 Å². The molecule has 1 heterocycles. The van der Waals surface area contributed by atoms with Crippen molar-refractivity contribution in [2.24, 2.45) is 5.41 Å². The van der Waals surface area contributed by atoms with Gasteiger partial charge in [0.15, 0.2) is 0 Å². The van der Waals surface area contributed by atoms with E-state index < -0.39 is 0 Å². The van der Waals surface area contributed by atoms with Gasteiger partial charge in [0.2, 0.25) is 0 Å². The second-order valence-corrected chi connectivity index (χ2v) is 6.95. The Kier molecular flexibility index (Phi) is 5.80. The lowest BCUT2D eigenvalue weighted by atomic mass is 9.80. The molecule has 3 nitrogen and oxygen atoms in total. The third kappa shape index (κ3) is 4.53. The summed E-state index contributed by atoms with van der Waals surface area (Å²) in [5, 5.41) is 3.50. The molecule has 2 atom stereocenters. The largest absolute Gasteiger partial charge is 0.377 e. The number of hydrogen-bond acceptors (Lipinski definition) is 3. The summed E-state index contributed by atoms with van der Waals surface area (Å²) in [7, 11) is 4.26. The van der Waals surface area contributed by atoms with Crippen LogP contribution >= 0.6 is 0 Å². The van der Waals surface area contributed by atoms with E-state index >= 15 is 0 Å². The molecule has 0 bridgehead atoms. The molecule has 118 valence electrons. The smallest absolute Gasteiger partial charge is 0.0702 e. The van der Waals surface area contributed by atoms with Crippen LogP contribution in [-0.2, 0) is 4.74 Å². The summed E-state index contributed by atoms with van der Waals surface area (Å²) < 4.78 is 5.75. The predicted octanol–water partition coefficient (Wildman–Crippen LogP) is 3.08. The molecular weight excluding hydrogens is 260 g/mol. The van der Waals surface area contributed by atoms with Crippen LogP contribution in [0, 0.1) is 5.41 Å². The van der Waals surface area contributed by atoms with Gasteiger partial charge in [-0.25, -0.2) is 0 Å². The molecule has 0 saturated carbocycles. The standard InChI is InChI=1S/C18H30N2O/c1-18(2,14-20(4)13-16-11-8-12-21-16)17(19-3)15-9-6-5-7-10-15/h5-7,9-10,16-17,19H,8,11-14H2,1-4H3. The summed E-state index contributed by atoms with van der Waals surface area (Å²) in [6.45, 7) is 7.70. The van der Waals surface area contributed by atoms with Crippen LogP contribution in [0.2, 0.25) is 0 Å². The van der Waals surface area contributed by atoms with E-state index in [1.54, 1.807) is 0 Å². The van der Waals surface area contributed by atoms with Gasteiger partial charge in [0.25, 0.3) is 0 Å². The molecule has 1 aromatic carbocycles. The van der Waals surface area contributed by atoms with Crippen molar-refractivity contribution in [3.63, 3.8) is 0 Å². The number of nitrogens with one attached hydrogen (secondary N) is 1. The molecule has 2 rings (SSSR count). The van der Waals surface area contributed by atoms with E-state index in [1.807, 2.05) is 0 Å². The Hall–Kier alpha value is -0.900. The minimum Gasteiger partial charge on any atom is -0.377 e. The van der Waals surface area contributed by atoms with Crippen molar-refractivity contribution in [1.29, 1.82) is 0 Å². The Morgan fingerprint density at radius 2 is 2.05 bits per heavy atom. The monoisotopic (exact) mass is 290 g/mol. The topological polar surface area (TPSA) is 24.5 Å². The normalized spacial score (nSPS) is 20.9. The van der Waals surface area contributed by atoms with Crippen molar-refractivity contribution >= 4 is 0 Å². The second-order valence-electron chi connectivity index (χ2n) is 6.95. The maximum atomic E-state index is 5.75. The van der Waals surface area contributed by atoms with E-state index in [0.717, 1.165) is 19.7 Å². The molecule has 1 saturated heterocycles. The minimum absolute atomic E-state index is 0.156. The maximum absolute atomic E-state index is 5.75. The highest BCUT2D eigenvalue weighted by Crippen LogP contribution is 2.33. The van der Waals surface area contributed by atoms with Crippen molar-refractivity contribution in [1.82, 2.24) is 10.2 Å². The molecule has 1 fully saturated rings. The van der Waals surface area contributed by atoms with E-state index in [9.17, 15) is 0 Å². The summed E-state index contributed by atoms with van der Waals surface area (Å²) in [4.78, 5) is 2.42. The highest BCUT2D eigenvalue weighted by atomic mass is 16.5. The first-order valence-corrected chi connectivity index (χ1v) is 8.05. The zero-order valence-corrected chi connectivity index (χ0v) is 13.9. The average molecular weight is 290 g/mol. The Balaban J connectivity index is 1.98. The molecule has 0 aromatic heterocycles. The molecule has 0 aliphatic carbocycles. The van der Waals surface area contributed by atoms with Crippen LogP contribution < -0.4 is 5.32 Å². The van der Waals surface area contributed by atoms with Crippen molar-refractivity contribution in [3.8, 4) is 0 Å². The molecule has 21 heavy (non-hydrogen) atoms. The Labute approximate surface area is 129 Å². The van der Waals surface area contributed by atoms with Gasteiger partial charge in [-0.15, -0.1) is 0 Å². The van der Waals surface area contributed by atoms with Crippen molar-refractivity contribution < 1.29 is 4.74 Å². The molecule has 3 heteroatoms. The average Bonchev–Trinajstić information content (AvgIpc) is 2.92. The Bertz CT molecular complexity index is 412. The lowest BCUT2D eigenvalue weighted by Gasteiger charge is -2.38. The summed E-state index contributed by atoms with van der Waals surface area (Å²) in [5.74, 6) is 0. The van der Waals surface area contributed by atoms with Gasteiger partial charge in [0.1, 0.15) is 0 Å². The first kappa shape index (κ1) is 16.5. The van der Waals surface area contributed by atoms with E-state index in [4.69, 9.17) is 4.74 Å². The zero-order chi connectivity index (χ0) is 15.3. The maximum Gasteiger partial charge on any atom is 0.0702 e. The summed E-state index contributed by atoms with van der Waals surface area (Å²) in [6.07, 6.45) is 2.85. The lowest BCUT2D eigenvalue weighted by molar-refractivity contribution is 0.0635. The molecule has 2 unspecified atom stereocenters. The molecule has 1 aliphatic heterocycles. The quantitative estimate of drug-likeness (QED) is 0.835. The molecule has 0 amide bonds. The summed E-state index contributed by atoms with van der Waals surface area (Å²) in [6, 6.07) is 11.1. The number of ether oxygens (including phenoxy) is 1. The summed E-state index contributed by atoms with van der Waals surface area (Å²) >= 11 is 0. The number of nitrogens with zero attached hydrogens (tertiary/aromatic N) is 1. The van der Waals surface area contributed by atoms with E-state index in [2.05, 4.69) is 68.5 Å². The first-order chi connectivity index (χ1) is 10.0. The van der Waals surface area contributed by atoms with Crippen molar-refractivity contribution in [2.75, 3.05) is 33.8 Å². The van der Waals surface area contributed by atoms with Gasteiger partial charge in [0.05, 0.1) is 6.10 Å².